The average Bonchev–Trinajstić information content (AvgIpc) is 2.56. The van der Waals surface area contributed by atoms with Crippen molar-refractivity contribution >= 4 is 20.1 Å². The first kappa shape index (κ1) is 20.8. The lowest BCUT2D eigenvalue weighted by Crippen LogP contribution is -2.59. The zero-order valence-electron chi connectivity index (χ0n) is 17.8. The summed E-state index contributed by atoms with van der Waals surface area (Å²) in [6.07, 6.45) is 8.95. The van der Waals surface area contributed by atoms with E-state index in [9.17, 15) is 14.7 Å². The van der Waals surface area contributed by atoms with Crippen LogP contribution in [0.4, 0.5) is 0 Å². The number of carboxylic acids is 1. The summed E-state index contributed by atoms with van der Waals surface area (Å²) in [5.41, 5.74) is -0.545. The van der Waals surface area contributed by atoms with E-state index in [-0.39, 0.29) is 34.7 Å². The zero-order valence-corrected chi connectivity index (χ0v) is 18.8. The van der Waals surface area contributed by atoms with Gasteiger partial charge in [-0.2, -0.15) is 0 Å². The maximum absolute atomic E-state index is 12.8. The van der Waals surface area contributed by atoms with Crippen LogP contribution >= 0.6 is 0 Å². The van der Waals surface area contributed by atoms with E-state index in [1.54, 1.807) is 6.08 Å². The molecule has 2 bridgehead atoms. The third-order valence-electron chi connectivity index (χ3n) is 8.33. The maximum Gasteiger partial charge on any atom is 0.303 e. The second-order valence-electron chi connectivity index (χ2n) is 10.9. The minimum absolute atomic E-state index is 0.00292. The number of allylic oxidation sites excluding steroid dienone is 2. The summed E-state index contributed by atoms with van der Waals surface area (Å²) in [5.74, 6) is 0.0517. The molecule has 0 aromatic carbocycles. The van der Waals surface area contributed by atoms with E-state index in [0.29, 0.717) is 12.3 Å². The van der Waals surface area contributed by atoms with Gasteiger partial charge in [-0.3, -0.25) is 9.59 Å². The minimum atomic E-state index is -1.84. The third-order valence-corrected chi connectivity index (χ3v) is 12.8. The van der Waals surface area contributed by atoms with E-state index < -0.39 is 19.7 Å². The van der Waals surface area contributed by atoms with Gasteiger partial charge in [0.2, 0.25) is 0 Å². The van der Waals surface area contributed by atoms with Crippen LogP contribution in [0.3, 0.4) is 0 Å². The summed E-state index contributed by atoms with van der Waals surface area (Å²) >= 11 is 0. The Hall–Kier alpha value is -0.943. The molecule has 2 unspecified atom stereocenters. The molecule has 0 aliphatic heterocycles. The number of rotatable bonds is 5. The highest BCUT2D eigenvalue weighted by Gasteiger charge is 2.60. The SMILES string of the molecule is CC(C)(C)[Si](C)(C)OC1C[C@@]23C=CC(=O)[C@@](C)(CCC(=O)O)C2C[C@@H]1CC3. The molecule has 3 fully saturated rings. The predicted molar refractivity (Wildman–Crippen MR) is 109 cm³/mol. The number of carbonyl (C=O) groups excluding carboxylic acids is 1. The topological polar surface area (TPSA) is 63.6 Å². The van der Waals surface area contributed by atoms with Crippen molar-refractivity contribution in [3.8, 4) is 0 Å². The van der Waals surface area contributed by atoms with Gasteiger partial charge in [-0.25, -0.2) is 0 Å². The Morgan fingerprint density at radius 1 is 1.37 bits per heavy atom. The van der Waals surface area contributed by atoms with Gasteiger partial charge in [-0.1, -0.05) is 33.8 Å². The molecular formula is C22H36O4Si. The summed E-state index contributed by atoms with van der Waals surface area (Å²) < 4.78 is 6.84. The van der Waals surface area contributed by atoms with Crippen molar-refractivity contribution in [3.63, 3.8) is 0 Å². The van der Waals surface area contributed by atoms with Gasteiger partial charge < -0.3 is 9.53 Å². The Kier molecular flexibility index (Phi) is 5.04. The van der Waals surface area contributed by atoms with E-state index in [4.69, 9.17) is 4.43 Å². The maximum atomic E-state index is 12.8. The molecule has 4 rings (SSSR count). The van der Waals surface area contributed by atoms with Gasteiger partial charge >= 0.3 is 5.97 Å². The molecule has 1 N–H and O–H groups in total. The molecule has 4 aliphatic carbocycles. The van der Waals surface area contributed by atoms with Crippen LogP contribution < -0.4 is 0 Å². The highest BCUT2D eigenvalue weighted by Crippen LogP contribution is 2.64. The predicted octanol–water partition coefficient (Wildman–Crippen LogP) is 5.19. The van der Waals surface area contributed by atoms with Gasteiger partial charge in [0, 0.05) is 17.9 Å². The Balaban J connectivity index is 1.86. The molecule has 3 saturated carbocycles. The van der Waals surface area contributed by atoms with Gasteiger partial charge in [-0.05, 0) is 73.6 Å². The summed E-state index contributed by atoms with van der Waals surface area (Å²) in [5, 5.41) is 9.36. The van der Waals surface area contributed by atoms with E-state index in [1.807, 2.05) is 6.92 Å². The second-order valence-corrected chi connectivity index (χ2v) is 15.7. The number of carboxylic acid groups (broad SMARTS) is 1. The minimum Gasteiger partial charge on any atom is -0.481 e. The third kappa shape index (κ3) is 3.46. The highest BCUT2D eigenvalue weighted by molar-refractivity contribution is 6.74. The monoisotopic (exact) mass is 392 g/mol. The van der Waals surface area contributed by atoms with Crippen LogP contribution in [0, 0.1) is 22.7 Å². The zero-order chi connectivity index (χ0) is 20.3. The number of fused-ring (bicyclic) bond motifs is 2. The van der Waals surface area contributed by atoms with Crippen molar-refractivity contribution in [1.29, 1.82) is 0 Å². The number of hydrogen-bond donors (Lipinski definition) is 1. The molecule has 152 valence electrons. The fourth-order valence-corrected chi connectivity index (χ4v) is 6.92. The number of aliphatic carboxylic acids is 1. The summed E-state index contributed by atoms with van der Waals surface area (Å²) in [6, 6.07) is 0. The van der Waals surface area contributed by atoms with Crippen LogP contribution in [0.25, 0.3) is 0 Å². The van der Waals surface area contributed by atoms with Gasteiger partial charge in [0.25, 0.3) is 0 Å². The molecular weight excluding hydrogens is 356 g/mol. The fraction of sp³-hybridized carbons (Fsp3) is 0.818. The van der Waals surface area contributed by atoms with Crippen molar-refractivity contribution < 1.29 is 19.1 Å². The Morgan fingerprint density at radius 3 is 2.63 bits per heavy atom. The lowest BCUT2D eigenvalue weighted by Gasteiger charge is -2.61. The Bertz CT molecular complexity index is 662. The molecule has 4 aliphatic rings. The first-order valence-corrected chi connectivity index (χ1v) is 13.3. The smallest absolute Gasteiger partial charge is 0.303 e. The van der Waals surface area contributed by atoms with Crippen molar-refractivity contribution in [1.82, 2.24) is 0 Å². The van der Waals surface area contributed by atoms with Gasteiger partial charge in [-0.15, -0.1) is 0 Å². The molecule has 5 atom stereocenters. The van der Waals surface area contributed by atoms with Crippen molar-refractivity contribution in [3.05, 3.63) is 12.2 Å². The standard InChI is InChI=1S/C22H36O4Si/c1-20(2,3)27(5,6)26-16-14-22-11-7-15(16)13-17(22)21(4,10-9-19(24)25)18(23)8-12-22/h8,12,15-17H,7,9-11,13-14H2,1-6H3,(H,24,25)/t15-,16?,17?,21-,22+/m0/s1. The van der Waals surface area contributed by atoms with Crippen LogP contribution in [0.2, 0.25) is 18.1 Å². The molecule has 4 nitrogen and oxygen atoms in total. The molecule has 0 heterocycles. The van der Waals surface area contributed by atoms with Gasteiger partial charge in [0.15, 0.2) is 14.1 Å². The number of carbonyl (C=O) groups is 2. The lowest BCUT2D eigenvalue weighted by atomic mass is 9.45. The molecule has 0 radical (unpaired) electrons. The van der Waals surface area contributed by atoms with Crippen LogP contribution in [0.5, 0.6) is 0 Å². The van der Waals surface area contributed by atoms with Crippen LogP contribution in [0.15, 0.2) is 12.2 Å². The average molecular weight is 393 g/mol. The molecule has 1 spiro atoms. The Labute approximate surface area is 164 Å². The van der Waals surface area contributed by atoms with E-state index >= 15 is 0 Å². The first-order valence-electron chi connectivity index (χ1n) is 10.4. The van der Waals surface area contributed by atoms with Gasteiger partial charge in [0.1, 0.15) is 0 Å². The van der Waals surface area contributed by atoms with E-state index in [2.05, 4.69) is 39.9 Å². The normalized spacial score (nSPS) is 38.7. The fourth-order valence-electron chi connectivity index (χ4n) is 5.53. The summed E-state index contributed by atoms with van der Waals surface area (Å²) in [6.45, 7) is 13.5. The van der Waals surface area contributed by atoms with Crippen LogP contribution in [0.1, 0.15) is 66.2 Å². The van der Waals surface area contributed by atoms with Crippen molar-refractivity contribution in [2.24, 2.45) is 22.7 Å². The summed E-state index contributed by atoms with van der Waals surface area (Å²) in [4.78, 5) is 24.0. The van der Waals surface area contributed by atoms with Crippen LogP contribution in [-0.2, 0) is 14.0 Å². The quantitative estimate of drug-likeness (QED) is 0.654. The molecule has 0 aromatic rings. The van der Waals surface area contributed by atoms with E-state index in [1.165, 1.54) is 0 Å². The van der Waals surface area contributed by atoms with Crippen molar-refractivity contribution in [2.75, 3.05) is 0 Å². The number of hydrogen-bond acceptors (Lipinski definition) is 3. The number of ketones is 1. The van der Waals surface area contributed by atoms with Crippen molar-refractivity contribution in [2.45, 2.75) is 90.5 Å². The van der Waals surface area contributed by atoms with Crippen LogP contribution in [-0.4, -0.2) is 31.3 Å². The Morgan fingerprint density at radius 2 is 2.04 bits per heavy atom. The molecule has 5 heteroatoms. The summed E-state index contributed by atoms with van der Waals surface area (Å²) in [7, 11) is -1.84. The highest BCUT2D eigenvalue weighted by atomic mass is 28.4. The van der Waals surface area contributed by atoms with E-state index in [0.717, 1.165) is 25.7 Å². The second kappa shape index (κ2) is 6.55. The molecule has 27 heavy (non-hydrogen) atoms. The van der Waals surface area contributed by atoms with Gasteiger partial charge in [0.05, 0.1) is 0 Å². The first-order chi connectivity index (χ1) is 12.3. The lowest BCUT2D eigenvalue weighted by molar-refractivity contribution is -0.149. The largest absolute Gasteiger partial charge is 0.481 e. The molecule has 0 aromatic heterocycles. The molecule has 0 saturated heterocycles. The molecule has 0 amide bonds.